The largest absolute Gasteiger partial charge is 0.375 e. The Hall–Kier alpha value is -1.95. The molecule has 1 N–H and O–H groups in total. The van der Waals surface area contributed by atoms with Crippen molar-refractivity contribution in [2.24, 2.45) is 11.8 Å². The summed E-state index contributed by atoms with van der Waals surface area (Å²) in [6, 6.07) is 5.99. The lowest BCUT2D eigenvalue weighted by Gasteiger charge is -2.32. The second kappa shape index (κ2) is 7.95. The quantitative estimate of drug-likeness (QED) is 0.854. The van der Waals surface area contributed by atoms with Crippen LogP contribution in [0.4, 0.5) is 0 Å². The second-order valence-corrected chi connectivity index (χ2v) is 7.12. The van der Waals surface area contributed by atoms with Crippen molar-refractivity contribution in [1.29, 1.82) is 0 Å². The molecule has 1 saturated heterocycles. The van der Waals surface area contributed by atoms with Crippen molar-refractivity contribution < 1.29 is 14.3 Å². The van der Waals surface area contributed by atoms with Gasteiger partial charge in [-0.1, -0.05) is 6.07 Å². The van der Waals surface area contributed by atoms with Crippen molar-refractivity contribution in [2.75, 3.05) is 26.8 Å². The van der Waals surface area contributed by atoms with Gasteiger partial charge in [-0.05, 0) is 50.7 Å². The minimum atomic E-state index is -0.0299. The topological polar surface area (TPSA) is 71.5 Å². The van der Waals surface area contributed by atoms with E-state index in [0.29, 0.717) is 31.8 Å². The molecule has 1 aromatic rings. The number of piperidine rings is 1. The Labute approximate surface area is 148 Å². The molecule has 2 heterocycles. The molecule has 1 atom stereocenters. The van der Waals surface area contributed by atoms with Gasteiger partial charge < -0.3 is 15.0 Å². The molecule has 3 rings (SSSR count). The average Bonchev–Trinajstić information content (AvgIpc) is 3.45. The molecule has 0 bridgehead atoms. The van der Waals surface area contributed by atoms with Crippen LogP contribution < -0.4 is 5.32 Å². The lowest BCUT2D eigenvalue weighted by atomic mass is 9.95. The highest BCUT2D eigenvalue weighted by atomic mass is 16.5. The molecule has 6 nitrogen and oxygen atoms in total. The van der Waals surface area contributed by atoms with Gasteiger partial charge in [-0.3, -0.25) is 14.6 Å². The number of likely N-dealkylation sites (tertiary alicyclic amines) is 1. The molecule has 0 spiro atoms. The Balaban J connectivity index is 1.57. The van der Waals surface area contributed by atoms with Crippen molar-refractivity contribution in [3.63, 3.8) is 0 Å². The summed E-state index contributed by atoms with van der Waals surface area (Å²) in [5, 5.41) is 3.23. The lowest BCUT2D eigenvalue weighted by molar-refractivity contribution is -0.138. The number of amides is 2. The first-order chi connectivity index (χ1) is 12.1. The first kappa shape index (κ1) is 17.9. The zero-order chi connectivity index (χ0) is 17.8. The van der Waals surface area contributed by atoms with E-state index in [0.717, 1.165) is 24.2 Å². The number of rotatable bonds is 6. The Morgan fingerprint density at radius 2 is 2.00 bits per heavy atom. The van der Waals surface area contributed by atoms with Gasteiger partial charge in [0.15, 0.2) is 0 Å². The molecule has 0 unspecified atom stereocenters. The molecule has 136 valence electrons. The third kappa shape index (κ3) is 4.57. The maximum atomic E-state index is 12.7. The number of aromatic nitrogens is 1. The number of methoxy groups -OCH3 is 1. The van der Waals surface area contributed by atoms with Crippen LogP contribution in [0.2, 0.25) is 0 Å². The van der Waals surface area contributed by atoms with E-state index in [1.165, 1.54) is 7.11 Å². The number of pyridine rings is 1. The van der Waals surface area contributed by atoms with E-state index in [-0.39, 0.29) is 30.4 Å². The fraction of sp³-hybridized carbons (Fsp3) is 0.632. The molecule has 1 aliphatic heterocycles. The van der Waals surface area contributed by atoms with Crippen molar-refractivity contribution in [2.45, 2.75) is 38.6 Å². The number of nitrogens with zero attached hydrogens (tertiary/aromatic N) is 2. The van der Waals surface area contributed by atoms with Gasteiger partial charge in [0.1, 0.15) is 6.61 Å². The number of carbonyl (C=O) groups is 2. The molecular formula is C19H27N3O3. The Bertz CT molecular complexity index is 622. The summed E-state index contributed by atoms with van der Waals surface area (Å²) in [5.41, 5.74) is 1.94. The SMILES string of the molecule is COCC(=O)N1CCC(C(=O)N[C@@H](c2cccc(C)n2)C2CC2)CC1. The number of nitrogens with one attached hydrogen (secondary N) is 1. The summed E-state index contributed by atoms with van der Waals surface area (Å²) in [6.45, 7) is 3.33. The van der Waals surface area contributed by atoms with E-state index < -0.39 is 0 Å². The predicted octanol–water partition coefficient (Wildman–Crippen LogP) is 1.84. The van der Waals surface area contributed by atoms with E-state index in [1.807, 2.05) is 25.1 Å². The predicted molar refractivity (Wildman–Crippen MR) is 93.8 cm³/mol. The first-order valence-electron chi connectivity index (χ1n) is 9.09. The van der Waals surface area contributed by atoms with Gasteiger partial charge in [-0.15, -0.1) is 0 Å². The zero-order valence-electron chi connectivity index (χ0n) is 15.0. The summed E-state index contributed by atoms with van der Waals surface area (Å²) in [4.78, 5) is 31.0. The molecule has 6 heteroatoms. The Kier molecular flexibility index (Phi) is 5.68. The minimum Gasteiger partial charge on any atom is -0.375 e. The molecule has 25 heavy (non-hydrogen) atoms. The number of carbonyl (C=O) groups excluding carboxylic acids is 2. The molecule has 1 aromatic heterocycles. The van der Waals surface area contributed by atoms with Crippen LogP contribution >= 0.6 is 0 Å². The monoisotopic (exact) mass is 345 g/mol. The van der Waals surface area contributed by atoms with Crippen LogP contribution in [-0.2, 0) is 14.3 Å². The highest BCUT2D eigenvalue weighted by molar-refractivity contribution is 5.80. The molecule has 2 amide bonds. The Morgan fingerprint density at radius 1 is 1.28 bits per heavy atom. The standard InChI is InChI=1S/C19H27N3O3/c1-13-4-3-5-16(20-13)18(14-6-7-14)21-19(24)15-8-10-22(11-9-15)17(23)12-25-2/h3-5,14-15,18H,6-12H2,1-2H3,(H,21,24)/t18-/m1/s1. The summed E-state index contributed by atoms with van der Waals surface area (Å²) in [5.74, 6) is 0.569. The van der Waals surface area contributed by atoms with Crippen LogP contribution in [0.15, 0.2) is 18.2 Å². The third-order valence-electron chi connectivity index (χ3n) is 5.11. The summed E-state index contributed by atoms with van der Waals surface area (Å²) >= 11 is 0. The normalized spacial score (nSPS) is 19.5. The van der Waals surface area contributed by atoms with Gasteiger partial charge in [0, 0.05) is 31.8 Å². The van der Waals surface area contributed by atoms with E-state index in [2.05, 4.69) is 10.3 Å². The molecule has 2 aliphatic rings. The molecular weight excluding hydrogens is 318 g/mol. The van der Waals surface area contributed by atoms with Crippen LogP contribution in [-0.4, -0.2) is 48.5 Å². The van der Waals surface area contributed by atoms with Gasteiger partial charge in [0.2, 0.25) is 11.8 Å². The molecule has 0 radical (unpaired) electrons. The number of hydrogen-bond acceptors (Lipinski definition) is 4. The van der Waals surface area contributed by atoms with Crippen molar-refractivity contribution >= 4 is 11.8 Å². The van der Waals surface area contributed by atoms with Gasteiger partial charge >= 0.3 is 0 Å². The molecule has 1 saturated carbocycles. The minimum absolute atomic E-state index is 0.00109. The number of ether oxygens (including phenoxy) is 1. The van der Waals surface area contributed by atoms with Gasteiger partial charge in [0.05, 0.1) is 11.7 Å². The van der Waals surface area contributed by atoms with Crippen LogP contribution in [0.3, 0.4) is 0 Å². The summed E-state index contributed by atoms with van der Waals surface area (Å²) < 4.78 is 4.90. The fourth-order valence-corrected chi connectivity index (χ4v) is 3.48. The highest BCUT2D eigenvalue weighted by Crippen LogP contribution is 2.40. The van der Waals surface area contributed by atoms with Crippen molar-refractivity contribution in [3.05, 3.63) is 29.6 Å². The molecule has 2 fully saturated rings. The molecule has 1 aliphatic carbocycles. The number of aryl methyl sites for hydroxylation is 1. The Morgan fingerprint density at radius 3 is 2.60 bits per heavy atom. The van der Waals surface area contributed by atoms with E-state index in [4.69, 9.17) is 4.74 Å². The van der Waals surface area contributed by atoms with Gasteiger partial charge in [-0.2, -0.15) is 0 Å². The van der Waals surface area contributed by atoms with Gasteiger partial charge in [-0.25, -0.2) is 0 Å². The number of hydrogen-bond donors (Lipinski definition) is 1. The van der Waals surface area contributed by atoms with Crippen LogP contribution in [0.1, 0.15) is 43.1 Å². The fourth-order valence-electron chi connectivity index (χ4n) is 3.48. The molecule has 0 aromatic carbocycles. The van der Waals surface area contributed by atoms with Crippen LogP contribution in [0.5, 0.6) is 0 Å². The highest BCUT2D eigenvalue weighted by Gasteiger charge is 2.36. The zero-order valence-corrected chi connectivity index (χ0v) is 15.0. The smallest absolute Gasteiger partial charge is 0.248 e. The maximum absolute atomic E-state index is 12.7. The summed E-state index contributed by atoms with van der Waals surface area (Å²) in [6.07, 6.45) is 3.70. The van der Waals surface area contributed by atoms with Crippen LogP contribution in [0.25, 0.3) is 0 Å². The van der Waals surface area contributed by atoms with Crippen molar-refractivity contribution in [3.8, 4) is 0 Å². The van der Waals surface area contributed by atoms with E-state index in [9.17, 15) is 9.59 Å². The van der Waals surface area contributed by atoms with E-state index in [1.54, 1.807) is 4.90 Å². The van der Waals surface area contributed by atoms with Gasteiger partial charge in [0.25, 0.3) is 0 Å². The summed E-state index contributed by atoms with van der Waals surface area (Å²) in [7, 11) is 1.52. The lowest BCUT2D eigenvalue weighted by Crippen LogP contribution is -2.45. The van der Waals surface area contributed by atoms with Crippen LogP contribution in [0, 0.1) is 18.8 Å². The second-order valence-electron chi connectivity index (χ2n) is 7.12. The maximum Gasteiger partial charge on any atom is 0.248 e. The third-order valence-corrected chi connectivity index (χ3v) is 5.11. The average molecular weight is 345 g/mol. The van der Waals surface area contributed by atoms with Crippen molar-refractivity contribution in [1.82, 2.24) is 15.2 Å². The first-order valence-corrected chi connectivity index (χ1v) is 9.09. The van der Waals surface area contributed by atoms with E-state index >= 15 is 0 Å².